The smallest absolute Gasteiger partial charge is 0.239 e. The molecule has 0 aromatic heterocycles. The van der Waals surface area contributed by atoms with Crippen LogP contribution in [0.25, 0.3) is 0 Å². The van der Waals surface area contributed by atoms with Gasteiger partial charge in [-0.1, -0.05) is 30.3 Å². The molecule has 0 aliphatic rings. The highest BCUT2D eigenvalue weighted by molar-refractivity contribution is 7.88. The summed E-state index contributed by atoms with van der Waals surface area (Å²) in [5.41, 5.74) is 1.61. The molecule has 0 heterocycles. The molecule has 0 fully saturated rings. The first-order valence-corrected chi connectivity index (χ1v) is 8.51. The minimum absolute atomic E-state index is 0.225. The molecule has 5 heteroatoms. The molecule has 22 heavy (non-hydrogen) atoms. The van der Waals surface area contributed by atoms with E-state index in [0.717, 1.165) is 27.4 Å². The van der Waals surface area contributed by atoms with Gasteiger partial charge in [0.1, 0.15) is 5.75 Å². The number of ether oxygens (including phenoxy) is 1. The van der Waals surface area contributed by atoms with Crippen molar-refractivity contribution in [3.05, 3.63) is 65.7 Å². The molecule has 4 nitrogen and oxygen atoms in total. The van der Waals surface area contributed by atoms with Crippen molar-refractivity contribution in [2.45, 2.75) is 6.54 Å². The Morgan fingerprint density at radius 1 is 1.05 bits per heavy atom. The molecule has 114 valence electrons. The van der Waals surface area contributed by atoms with Gasteiger partial charge in [0.2, 0.25) is 10.0 Å². The van der Waals surface area contributed by atoms with Gasteiger partial charge in [0, 0.05) is 11.6 Å². The quantitative estimate of drug-likeness (QED) is 0.643. The van der Waals surface area contributed by atoms with E-state index in [-0.39, 0.29) is 6.54 Å². The summed E-state index contributed by atoms with van der Waals surface area (Å²) in [4.78, 5) is 0. The van der Waals surface area contributed by atoms with Crippen LogP contribution in [0.5, 0.6) is 5.75 Å². The Bertz CT molecular complexity index is 772. The molecule has 0 amide bonds. The number of hydrogen-bond donors (Lipinski definition) is 0. The molecule has 0 N–H and O–H groups in total. The van der Waals surface area contributed by atoms with Crippen molar-refractivity contribution >= 4 is 10.0 Å². The van der Waals surface area contributed by atoms with Gasteiger partial charge in [-0.05, 0) is 35.7 Å². The van der Waals surface area contributed by atoms with Crippen LogP contribution in [-0.2, 0) is 16.6 Å². The Hall–Kier alpha value is -2.45. The first-order chi connectivity index (χ1) is 10.5. The molecule has 0 atom stereocenters. The van der Waals surface area contributed by atoms with E-state index in [9.17, 15) is 8.42 Å². The van der Waals surface area contributed by atoms with E-state index in [1.54, 1.807) is 31.4 Å². The summed E-state index contributed by atoms with van der Waals surface area (Å²) in [6.07, 6.45) is 1.15. The third-order valence-electron chi connectivity index (χ3n) is 2.98. The molecule has 0 aliphatic heterocycles. The van der Waals surface area contributed by atoms with Gasteiger partial charge in [-0.2, -0.15) is 0 Å². The SMILES string of the molecule is COc1ccc(C#CN(Cc2ccccc2)S(C)(=O)=O)cc1. The van der Waals surface area contributed by atoms with E-state index >= 15 is 0 Å². The molecule has 0 bridgehead atoms. The Kier molecular flexibility index (Phi) is 5.08. The van der Waals surface area contributed by atoms with Crippen molar-refractivity contribution in [3.8, 4) is 17.7 Å². The van der Waals surface area contributed by atoms with Crippen LogP contribution in [0.4, 0.5) is 0 Å². The zero-order chi connectivity index (χ0) is 16.0. The molecule has 2 rings (SSSR count). The van der Waals surface area contributed by atoms with Crippen molar-refractivity contribution in [2.75, 3.05) is 13.4 Å². The van der Waals surface area contributed by atoms with Crippen molar-refractivity contribution in [1.29, 1.82) is 0 Å². The Morgan fingerprint density at radius 3 is 2.23 bits per heavy atom. The standard InChI is InChI=1S/C17H17NO3S/c1-21-17-10-8-15(9-11-17)12-13-18(22(2,19)20)14-16-6-4-3-5-7-16/h3-11H,14H2,1-2H3. The monoisotopic (exact) mass is 315 g/mol. The lowest BCUT2D eigenvalue weighted by atomic mass is 10.2. The third-order valence-corrected chi connectivity index (χ3v) is 4.01. The second kappa shape index (κ2) is 7.01. The van der Waals surface area contributed by atoms with Crippen LogP contribution in [-0.4, -0.2) is 26.1 Å². The van der Waals surface area contributed by atoms with E-state index in [1.807, 2.05) is 30.3 Å². The van der Waals surface area contributed by atoms with Crippen molar-refractivity contribution in [1.82, 2.24) is 4.31 Å². The summed E-state index contributed by atoms with van der Waals surface area (Å²) in [7, 11) is -1.82. The fraction of sp³-hybridized carbons (Fsp3) is 0.176. The molecule has 0 saturated carbocycles. The van der Waals surface area contributed by atoms with Crippen LogP contribution in [0.15, 0.2) is 54.6 Å². The van der Waals surface area contributed by atoms with Gasteiger partial charge < -0.3 is 4.74 Å². The van der Waals surface area contributed by atoms with Gasteiger partial charge in [0.05, 0.1) is 19.9 Å². The lowest BCUT2D eigenvalue weighted by Gasteiger charge is -2.14. The zero-order valence-electron chi connectivity index (χ0n) is 12.5. The summed E-state index contributed by atoms with van der Waals surface area (Å²) in [5.74, 6) is 3.60. The Balaban J connectivity index is 2.22. The Labute approximate surface area is 131 Å². The fourth-order valence-electron chi connectivity index (χ4n) is 1.79. The number of sulfonamides is 1. The van der Waals surface area contributed by atoms with Crippen molar-refractivity contribution < 1.29 is 13.2 Å². The van der Waals surface area contributed by atoms with E-state index in [0.29, 0.717) is 0 Å². The number of rotatable bonds is 4. The molecule has 0 spiro atoms. The second-order valence-corrected chi connectivity index (χ2v) is 6.63. The maximum atomic E-state index is 11.9. The fourth-order valence-corrected chi connectivity index (χ4v) is 2.39. The topological polar surface area (TPSA) is 46.6 Å². The molecular formula is C17H17NO3S. The summed E-state index contributed by atoms with van der Waals surface area (Å²) in [6.45, 7) is 0.225. The van der Waals surface area contributed by atoms with Crippen LogP contribution in [0, 0.1) is 12.0 Å². The highest BCUT2D eigenvalue weighted by Crippen LogP contribution is 2.11. The maximum absolute atomic E-state index is 11.9. The third kappa shape index (κ3) is 4.54. The molecule has 2 aromatic carbocycles. The van der Waals surface area contributed by atoms with E-state index < -0.39 is 10.0 Å². The zero-order valence-corrected chi connectivity index (χ0v) is 13.3. The minimum Gasteiger partial charge on any atom is -0.497 e. The van der Waals surface area contributed by atoms with Gasteiger partial charge in [-0.25, -0.2) is 12.7 Å². The van der Waals surface area contributed by atoms with Crippen molar-refractivity contribution in [2.24, 2.45) is 0 Å². The van der Waals surface area contributed by atoms with Crippen LogP contribution >= 0.6 is 0 Å². The predicted octanol–water partition coefficient (Wildman–Crippen LogP) is 2.47. The maximum Gasteiger partial charge on any atom is 0.239 e. The van der Waals surface area contributed by atoms with Crippen LogP contribution in [0.3, 0.4) is 0 Å². The Morgan fingerprint density at radius 2 is 1.68 bits per heavy atom. The highest BCUT2D eigenvalue weighted by atomic mass is 32.2. The predicted molar refractivity (Wildman–Crippen MR) is 86.7 cm³/mol. The average Bonchev–Trinajstić information content (AvgIpc) is 2.52. The average molecular weight is 315 g/mol. The molecular weight excluding hydrogens is 298 g/mol. The van der Waals surface area contributed by atoms with Crippen LogP contribution < -0.4 is 4.74 Å². The number of hydrogen-bond acceptors (Lipinski definition) is 3. The molecule has 0 saturated heterocycles. The number of benzene rings is 2. The van der Waals surface area contributed by atoms with Crippen LogP contribution in [0.2, 0.25) is 0 Å². The van der Waals surface area contributed by atoms with Gasteiger partial charge in [-0.3, -0.25) is 0 Å². The largest absolute Gasteiger partial charge is 0.497 e. The summed E-state index contributed by atoms with van der Waals surface area (Å²) >= 11 is 0. The van der Waals surface area contributed by atoms with Gasteiger partial charge in [0.25, 0.3) is 0 Å². The second-order valence-electron chi connectivity index (χ2n) is 4.72. The van der Waals surface area contributed by atoms with E-state index in [4.69, 9.17) is 4.74 Å². The van der Waals surface area contributed by atoms with Crippen LogP contribution in [0.1, 0.15) is 11.1 Å². The van der Waals surface area contributed by atoms with Gasteiger partial charge >= 0.3 is 0 Å². The first-order valence-electron chi connectivity index (χ1n) is 6.66. The molecule has 0 unspecified atom stereocenters. The minimum atomic E-state index is -3.41. The molecule has 0 radical (unpaired) electrons. The summed E-state index contributed by atoms with van der Waals surface area (Å²) < 4.78 is 29.9. The number of nitrogens with zero attached hydrogens (tertiary/aromatic N) is 1. The van der Waals surface area contributed by atoms with E-state index in [1.165, 1.54) is 0 Å². The highest BCUT2D eigenvalue weighted by Gasteiger charge is 2.12. The lowest BCUT2D eigenvalue weighted by Crippen LogP contribution is -2.24. The van der Waals surface area contributed by atoms with E-state index in [2.05, 4.69) is 12.0 Å². The lowest BCUT2D eigenvalue weighted by molar-refractivity contribution is 0.415. The van der Waals surface area contributed by atoms with Gasteiger partial charge in [0.15, 0.2) is 0 Å². The normalized spacial score (nSPS) is 10.5. The van der Waals surface area contributed by atoms with Gasteiger partial charge in [-0.15, -0.1) is 0 Å². The molecule has 2 aromatic rings. The summed E-state index contributed by atoms with van der Waals surface area (Å²) in [6, 6.07) is 19.2. The number of methoxy groups -OCH3 is 1. The molecule has 0 aliphatic carbocycles. The summed E-state index contributed by atoms with van der Waals surface area (Å²) in [5, 5.41) is 0. The van der Waals surface area contributed by atoms with Crippen molar-refractivity contribution in [3.63, 3.8) is 0 Å². The first kappa shape index (κ1) is 15.9.